The average molecular weight is 409 g/mol. The van der Waals surface area contributed by atoms with Crippen molar-refractivity contribution in [2.75, 3.05) is 40.8 Å². The van der Waals surface area contributed by atoms with Crippen LogP contribution in [0.15, 0.2) is 30.5 Å². The largest absolute Gasteiger partial charge is 0.497 e. The smallest absolute Gasteiger partial charge is 0.223 e. The number of amides is 1. The monoisotopic (exact) mass is 409 g/mol. The van der Waals surface area contributed by atoms with Crippen LogP contribution in [0.1, 0.15) is 18.7 Å². The first-order valence-electron chi connectivity index (χ1n) is 10.2. The van der Waals surface area contributed by atoms with Crippen LogP contribution in [0.3, 0.4) is 0 Å². The summed E-state index contributed by atoms with van der Waals surface area (Å²) < 4.78 is 6.93. The molecule has 3 heterocycles. The Kier molecular flexibility index (Phi) is 5.89. The first-order valence-corrected chi connectivity index (χ1v) is 10.2. The van der Waals surface area contributed by atoms with E-state index in [-0.39, 0.29) is 5.91 Å². The van der Waals surface area contributed by atoms with Gasteiger partial charge < -0.3 is 14.5 Å². The van der Waals surface area contributed by atoms with Crippen molar-refractivity contribution in [2.45, 2.75) is 19.3 Å². The zero-order valence-electron chi connectivity index (χ0n) is 17.7. The van der Waals surface area contributed by atoms with E-state index >= 15 is 0 Å². The van der Waals surface area contributed by atoms with Gasteiger partial charge in [0.15, 0.2) is 11.2 Å². The van der Waals surface area contributed by atoms with Crippen LogP contribution in [0.4, 0.5) is 0 Å². The third-order valence-electron chi connectivity index (χ3n) is 5.44. The number of hydrogen-bond donors (Lipinski definition) is 0. The molecule has 1 aliphatic rings. The highest BCUT2D eigenvalue weighted by atomic mass is 16.5. The highest BCUT2D eigenvalue weighted by molar-refractivity contribution is 5.76. The summed E-state index contributed by atoms with van der Waals surface area (Å²) in [5, 5.41) is 8.41. The van der Waals surface area contributed by atoms with Gasteiger partial charge in [-0.15, -0.1) is 5.10 Å². The Morgan fingerprint density at radius 2 is 2.07 bits per heavy atom. The van der Waals surface area contributed by atoms with Crippen molar-refractivity contribution in [3.63, 3.8) is 0 Å². The molecule has 1 amide bonds. The number of rotatable bonds is 7. The van der Waals surface area contributed by atoms with Crippen LogP contribution >= 0.6 is 0 Å². The Hall–Kier alpha value is -3.07. The van der Waals surface area contributed by atoms with Gasteiger partial charge in [-0.25, -0.2) is 9.97 Å². The van der Waals surface area contributed by atoms with E-state index in [1.807, 2.05) is 48.2 Å². The Bertz CT molecular complexity index is 1020. The maximum atomic E-state index is 12.4. The quantitative estimate of drug-likeness (QED) is 0.585. The number of hydrogen-bond acceptors (Lipinski definition) is 7. The van der Waals surface area contributed by atoms with Crippen molar-refractivity contribution in [1.29, 1.82) is 0 Å². The van der Waals surface area contributed by atoms with Gasteiger partial charge in [0, 0.05) is 32.5 Å². The molecule has 1 fully saturated rings. The van der Waals surface area contributed by atoms with Crippen LogP contribution < -0.4 is 4.74 Å². The number of carbonyl (C=O) groups excluding carboxylic acids is 1. The molecule has 30 heavy (non-hydrogen) atoms. The maximum absolute atomic E-state index is 12.4. The Labute approximate surface area is 175 Å². The average Bonchev–Trinajstić information content (AvgIpc) is 3.39. The normalized spacial score (nSPS) is 16.5. The van der Waals surface area contributed by atoms with E-state index in [2.05, 4.69) is 15.3 Å². The lowest BCUT2D eigenvalue weighted by atomic mass is 10.0. The number of carbonyl (C=O) groups is 1. The fourth-order valence-corrected chi connectivity index (χ4v) is 3.72. The van der Waals surface area contributed by atoms with Gasteiger partial charge in [0.1, 0.15) is 11.6 Å². The van der Waals surface area contributed by atoms with E-state index in [1.165, 1.54) is 0 Å². The summed E-state index contributed by atoms with van der Waals surface area (Å²) in [7, 11) is 5.61. The Morgan fingerprint density at radius 3 is 2.80 bits per heavy atom. The SMILES string of the molecule is COc1ccc(-n2nnc3cnc(C[C@H]4CCN(C(=O)CCN(C)C)C4)nc32)cc1. The van der Waals surface area contributed by atoms with Crippen molar-refractivity contribution < 1.29 is 9.53 Å². The molecule has 2 aromatic heterocycles. The molecule has 1 saturated heterocycles. The number of ether oxygens (including phenoxy) is 1. The van der Waals surface area contributed by atoms with Crippen LogP contribution in [-0.4, -0.2) is 81.5 Å². The topological polar surface area (TPSA) is 89.3 Å². The molecule has 4 rings (SSSR count). The number of nitrogens with zero attached hydrogens (tertiary/aromatic N) is 7. The highest BCUT2D eigenvalue weighted by Gasteiger charge is 2.27. The number of benzene rings is 1. The summed E-state index contributed by atoms with van der Waals surface area (Å²) in [6, 6.07) is 7.60. The minimum Gasteiger partial charge on any atom is -0.497 e. The summed E-state index contributed by atoms with van der Waals surface area (Å²) in [6.07, 6.45) is 4.00. The molecule has 158 valence electrons. The third kappa shape index (κ3) is 4.40. The van der Waals surface area contributed by atoms with Crippen LogP contribution in [0.5, 0.6) is 5.75 Å². The summed E-state index contributed by atoms with van der Waals surface area (Å²) in [5.74, 6) is 2.14. The molecule has 0 spiro atoms. The van der Waals surface area contributed by atoms with Crippen molar-refractivity contribution >= 4 is 17.1 Å². The summed E-state index contributed by atoms with van der Waals surface area (Å²) in [6.45, 7) is 2.36. The standard InChI is InChI=1S/C21H27N7O2/c1-26(2)10-9-20(29)27-11-8-15(14-27)12-19-22-13-18-21(23-19)28(25-24-18)16-4-6-17(30-3)7-5-16/h4-7,13,15H,8-12,14H2,1-3H3/t15-/m1/s1. The first kappa shape index (κ1) is 20.2. The van der Waals surface area contributed by atoms with E-state index in [1.54, 1.807) is 18.0 Å². The summed E-state index contributed by atoms with van der Waals surface area (Å²) >= 11 is 0. The van der Waals surface area contributed by atoms with E-state index < -0.39 is 0 Å². The lowest BCUT2D eigenvalue weighted by Gasteiger charge is -2.18. The van der Waals surface area contributed by atoms with Gasteiger partial charge in [0.05, 0.1) is 19.0 Å². The van der Waals surface area contributed by atoms with E-state index in [4.69, 9.17) is 9.72 Å². The minimum atomic E-state index is 0.226. The Morgan fingerprint density at radius 1 is 1.27 bits per heavy atom. The maximum Gasteiger partial charge on any atom is 0.223 e. The lowest BCUT2D eigenvalue weighted by Crippen LogP contribution is -2.31. The second-order valence-electron chi connectivity index (χ2n) is 7.95. The number of methoxy groups -OCH3 is 1. The summed E-state index contributed by atoms with van der Waals surface area (Å²) in [5.41, 5.74) is 2.20. The molecule has 3 aromatic rings. The van der Waals surface area contributed by atoms with Crippen LogP contribution in [-0.2, 0) is 11.2 Å². The molecule has 9 heteroatoms. The molecule has 0 N–H and O–H groups in total. The van der Waals surface area contributed by atoms with Gasteiger partial charge in [0.25, 0.3) is 0 Å². The molecule has 9 nitrogen and oxygen atoms in total. The second-order valence-corrected chi connectivity index (χ2v) is 7.95. The molecule has 1 atom stereocenters. The Balaban J connectivity index is 1.46. The molecular weight excluding hydrogens is 382 g/mol. The molecule has 0 saturated carbocycles. The van der Waals surface area contributed by atoms with Gasteiger partial charge in [-0.05, 0) is 50.7 Å². The van der Waals surface area contributed by atoms with Crippen LogP contribution in [0.2, 0.25) is 0 Å². The predicted molar refractivity (Wildman–Crippen MR) is 113 cm³/mol. The van der Waals surface area contributed by atoms with E-state index in [0.717, 1.165) is 49.7 Å². The van der Waals surface area contributed by atoms with Gasteiger partial charge in [0.2, 0.25) is 5.91 Å². The van der Waals surface area contributed by atoms with E-state index in [9.17, 15) is 4.79 Å². The molecular formula is C21H27N7O2. The third-order valence-corrected chi connectivity index (χ3v) is 5.44. The zero-order chi connectivity index (χ0) is 21.1. The predicted octanol–water partition coefficient (Wildman–Crippen LogP) is 1.56. The van der Waals surface area contributed by atoms with Crippen molar-refractivity contribution in [2.24, 2.45) is 5.92 Å². The van der Waals surface area contributed by atoms with Crippen molar-refractivity contribution in [3.8, 4) is 11.4 Å². The zero-order valence-corrected chi connectivity index (χ0v) is 17.7. The lowest BCUT2D eigenvalue weighted by molar-refractivity contribution is -0.130. The number of aromatic nitrogens is 5. The minimum absolute atomic E-state index is 0.226. The molecule has 0 bridgehead atoms. The summed E-state index contributed by atoms with van der Waals surface area (Å²) in [4.78, 5) is 25.6. The molecule has 1 aromatic carbocycles. The van der Waals surface area contributed by atoms with Gasteiger partial charge >= 0.3 is 0 Å². The molecule has 0 aliphatic carbocycles. The van der Waals surface area contributed by atoms with Gasteiger partial charge in [-0.1, -0.05) is 5.21 Å². The number of fused-ring (bicyclic) bond motifs is 1. The molecule has 1 aliphatic heterocycles. The van der Waals surface area contributed by atoms with Gasteiger partial charge in [-0.2, -0.15) is 4.68 Å². The second kappa shape index (κ2) is 8.74. The first-order chi connectivity index (χ1) is 14.5. The van der Waals surface area contributed by atoms with Crippen LogP contribution in [0.25, 0.3) is 16.9 Å². The van der Waals surface area contributed by atoms with Crippen LogP contribution in [0, 0.1) is 5.92 Å². The van der Waals surface area contributed by atoms with Gasteiger partial charge in [-0.3, -0.25) is 4.79 Å². The molecule has 0 unspecified atom stereocenters. The highest BCUT2D eigenvalue weighted by Crippen LogP contribution is 2.22. The fourth-order valence-electron chi connectivity index (χ4n) is 3.72. The van der Waals surface area contributed by atoms with E-state index in [0.29, 0.717) is 23.5 Å². The van der Waals surface area contributed by atoms with Crippen molar-refractivity contribution in [3.05, 3.63) is 36.3 Å². The van der Waals surface area contributed by atoms with Crippen molar-refractivity contribution in [1.82, 2.24) is 34.8 Å². The fraction of sp³-hybridized carbons (Fsp3) is 0.476. The number of likely N-dealkylation sites (tertiary alicyclic amines) is 1. The molecule has 0 radical (unpaired) electrons.